The van der Waals surface area contributed by atoms with Gasteiger partial charge in [-0.25, -0.2) is 4.39 Å². The topological polar surface area (TPSA) is 59.2 Å². The van der Waals surface area contributed by atoms with Crippen LogP contribution in [0, 0.1) is 12.7 Å². The summed E-state index contributed by atoms with van der Waals surface area (Å²) in [4.78, 5) is 18.3. The molecule has 0 saturated carbocycles. The lowest BCUT2D eigenvalue weighted by atomic mass is 10.1. The second-order valence-corrected chi connectivity index (χ2v) is 6.74. The first-order valence-electron chi connectivity index (χ1n) is 8.17. The third-order valence-corrected chi connectivity index (χ3v) is 4.70. The molecule has 1 amide bonds. The van der Waals surface area contributed by atoms with E-state index >= 15 is 0 Å². The third-order valence-electron chi connectivity index (χ3n) is 4.47. The first kappa shape index (κ1) is 16.7. The minimum Gasteiger partial charge on any atom is -0.339 e. The highest BCUT2D eigenvalue weighted by molar-refractivity contribution is 6.30. The maximum atomic E-state index is 13.8. The maximum Gasteiger partial charge on any atom is 0.232 e. The first-order valence-corrected chi connectivity index (χ1v) is 8.55. The molecule has 2 heterocycles. The molecule has 26 heavy (non-hydrogen) atoms. The van der Waals surface area contributed by atoms with Crippen LogP contribution in [0.5, 0.6) is 0 Å². The molecule has 4 rings (SSSR count). The van der Waals surface area contributed by atoms with Crippen LogP contribution in [0.15, 0.2) is 47.0 Å². The Morgan fingerprint density at radius 2 is 2.12 bits per heavy atom. The Morgan fingerprint density at radius 1 is 1.27 bits per heavy atom. The van der Waals surface area contributed by atoms with Gasteiger partial charge < -0.3 is 9.42 Å². The number of anilines is 1. The molecule has 132 valence electrons. The fourth-order valence-electron chi connectivity index (χ4n) is 3.02. The zero-order valence-corrected chi connectivity index (χ0v) is 14.7. The molecule has 3 aromatic rings. The lowest BCUT2D eigenvalue weighted by Crippen LogP contribution is -2.24. The quantitative estimate of drug-likeness (QED) is 0.686. The van der Waals surface area contributed by atoms with Crippen LogP contribution < -0.4 is 4.90 Å². The fourth-order valence-corrected chi connectivity index (χ4v) is 3.21. The van der Waals surface area contributed by atoms with Gasteiger partial charge in [0.25, 0.3) is 0 Å². The Morgan fingerprint density at radius 3 is 2.88 bits per heavy atom. The molecule has 0 radical (unpaired) electrons. The van der Waals surface area contributed by atoms with Crippen LogP contribution in [0.2, 0.25) is 5.02 Å². The Kier molecular flexibility index (Phi) is 4.20. The number of benzene rings is 2. The van der Waals surface area contributed by atoms with Crippen molar-refractivity contribution in [3.8, 4) is 11.4 Å². The SMILES string of the molecule is Cc1ccc(N2C[C@H](c3nc(-c4cccc(Cl)c4)no3)CC2=O)cc1F. The van der Waals surface area contributed by atoms with E-state index in [4.69, 9.17) is 16.1 Å². The monoisotopic (exact) mass is 371 g/mol. The Labute approximate surface area is 154 Å². The highest BCUT2D eigenvalue weighted by atomic mass is 35.5. The van der Waals surface area contributed by atoms with Crippen molar-refractivity contribution in [3.05, 3.63) is 64.8 Å². The van der Waals surface area contributed by atoms with Crippen molar-refractivity contribution in [2.45, 2.75) is 19.3 Å². The molecule has 1 aromatic heterocycles. The van der Waals surface area contributed by atoms with Crippen LogP contribution in [0.25, 0.3) is 11.4 Å². The zero-order chi connectivity index (χ0) is 18.3. The van der Waals surface area contributed by atoms with Crippen molar-refractivity contribution in [1.82, 2.24) is 10.1 Å². The van der Waals surface area contributed by atoms with Gasteiger partial charge in [0.15, 0.2) is 0 Å². The molecule has 0 N–H and O–H groups in total. The van der Waals surface area contributed by atoms with Crippen molar-refractivity contribution in [2.75, 3.05) is 11.4 Å². The summed E-state index contributed by atoms with van der Waals surface area (Å²) in [5.74, 6) is 0.158. The number of hydrogen-bond donors (Lipinski definition) is 0. The number of carbonyl (C=O) groups excluding carboxylic acids is 1. The van der Waals surface area contributed by atoms with E-state index in [0.717, 1.165) is 5.56 Å². The number of nitrogens with zero attached hydrogens (tertiary/aromatic N) is 3. The van der Waals surface area contributed by atoms with Gasteiger partial charge in [-0.15, -0.1) is 0 Å². The molecule has 1 saturated heterocycles. The molecule has 5 nitrogen and oxygen atoms in total. The van der Waals surface area contributed by atoms with Gasteiger partial charge in [-0.2, -0.15) is 4.98 Å². The van der Waals surface area contributed by atoms with Gasteiger partial charge in [-0.3, -0.25) is 4.79 Å². The summed E-state index contributed by atoms with van der Waals surface area (Å²) in [5.41, 5.74) is 1.82. The number of rotatable bonds is 3. The van der Waals surface area contributed by atoms with Crippen LogP contribution in [-0.2, 0) is 4.79 Å². The van der Waals surface area contributed by atoms with Crippen LogP contribution in [0.1, 0.15) is 23.8 Å². The van der Waals surface area contributed by atoms with E-state index in [1.807, 2.05) is 6.07 Å². The minimum atomic E-state index is -0.334. The summed E-state index contributed by atoms with van der Waals surface area (Å²) in [6.45, 7) is 2.06. The fraction of sp³-hybridized carbons (Fsp3) is 0.211. The summed E-state index contributed by atoms with van der Waals surface area (Å²) in [6, 6.07) is 11.9. The second kappa shape index (κ2) is 6.53. The van der Waals surface area contributed by atoms with Crippen molar-refractivity contribution in [3.63, 3.8) is 0 Å². The second-order valence-electron chi connectivity index (χ2n) is 6.31. The number of carbonyl (C=O) groups is 1. The van der Waals surface area contributed by atoms with Gasteiger partial charge in [0, 0.05) is 29.2 Å². The normalized spacial score (nSPS) is 17.1. The molecule has 1 atom stereocenters. The molecule has 0 unspecified atom stereocenters. The van der Waals surface area contributed by atoms with E-state index in [1.54, 1.807) is 42.2 Å². The lowest BCUT2D eigenvalue weighted by molar-refractivity contribution is -0.117. The van der Waals surface area contributed by atoms with Crippen molar-refractivity contribution in [2.24, 2.45) is 0 Å². The average Bonchev–Trinajstić information content (AvgIpc) is 3.24. The summed E-state index contributed by atoms with van der Waals surface area (Å²) in [5, 5.41) is 4.57. The van der Waals surface area contributed by atoms with E-state index in [1.165, 1.54) is 6.07 Å². The van der Waals surface area contributed by atoms with Crippen LogP contribution >= 0.6 is 11.6 Å². The van der Waals surface area contributed by atoms with Crippen LogP contribution in [0.4, 0.5) is 10.1 Å². The van der Waals surface area contributed by atoms with E-state index in [-0.39, 0.29) is 24.1 Å². The smallest absolute Gasteiger partial charge is 0.232 e. The molecular formula is C19H15ClFN3O2. The third kappa shape index (κ3) is 3.08. The van der Waals surface area contributed by atoms with Gasteiger partial charge in [0.05, 0.1) is 5.92 Å². The highest BCUT2D eigenvalue weighted by Gasteiger charge is 2.35. The number of halogens is 2. The first-order chi connectivity index (χ1) is 12.5. The van der Waals surface area contributed by atoms with E-state index in [2.05, 4.69) is 10.1 Å². The molecular weight excluding hydrogens is 357 g/mol. The molecule has 0 spiro atoms. The minimum absolute atomic E-state index is 0.0965. The van der Waals surface area contributed by atoms with E-state index in [0.29, 0.717) is 34.5 Å². The predicted molar refractivity (Wildman–Crippen MR) is 95.6 cm³/mol. The van der Waals surface area contributed by atoms with Gasteiger partial charge in [0.2, 0.25) is 17.6 Å². The number of amides is 1. The van der Waals surface area contributed by atoms with Gasteiger partial charge >= 0.3 is 0 Å². The maximum absolute atomic E-state index is 13.8. The Hall–Kier alpha value is -2.73. The van der Waals surface area contributed by atoms with Gasteiger partial charge in [-0.1, -0.05) is 35.0 Å². The molecule has 1 fully saturated rings. The summed E-state index contributed by atoms with van der Waals surface area (Å²) in [7, 11) is 0. The predicted octanol–water partition coefficient (Wildman–Crippen LogP) is 4.36. The zero-order valence-electron chi connectivity index (χ0n) is 13.9. The highest BCUT2D eigenvalue weighted by Crippen LogP contribution is 2.32. The molecule has 2 aromatic carbocycles. The Balaban J connectivity index is 1.56. The van der Waals surface area contributed by atoms with Crippen LogP contribution in [0.3, 0.4) is 0 Å². The van der Waals surface area contributed by atoms with Crippen molar-refractivity contribution >= 4 is 23.2 Å². The molecule has 0 bridgehead atoms. The molecule has 7 heteroatoms. The molecule has 1 aliphatic heterocycles. The van der Waals surface area contributed by atoms with Crippen molar-refractivity contribution in [1.29, 1.82) is 0 Å². The summed E-state index contributed by atoms with van der Waals surface area (Å²) in [6.07, 6.45) is 0.243. The number of aryl methyl sites for hydroxylation is 1. The number of hydrogen-bond acceptors (Lipinski definition) is 4. The van der Waals surface area contributed by atoms with E-state index < -0.39 is 0 Å². The average molecular weight is 372 g/mol. The lowest BCUT2D eigenvalue weighted by Gasteiger charge is -2.16. The largest absolute Gasteiger partial charge is 0.339 e. The van der Waals surface area contributed by atoms with Crippen LogP contribution in [-0.4, -0.2) is 22.6 Å². The standard InChI is InChI=1S/C19H15ClFN3O2/c1-11-5-6-15(9-16(11)21)24-10-13(8-17(24)25)19-22-18(23-26-19)12-3-2-4-14(20)7-12/h2-7,9,13H,8,10H2,1H3/t13-/m1/s1. The molecule has 1 aliphatic rings. The van der Waals surface area contributed by atoms with Crippen molar-refractivity contribution < 1.29 is 13.7 Å². The van der Waals surface area contributed by atoms with Gasteiger partial charge in [-0.05, 0) is 36.8 Å². The summed E-state index contributed by atoms with van der Waals surface area (Å²) >= 11 is 5.99. The summed E-state index contributed by atoms with van der Waals surface area (Å²) < 4.78 is 19.2. The van der Waals surface area contributed by atoms with E-state index in [9.17, 15) is 9.18 Å². The Bertz CT molecular complexity index is 988. The number of aromatic nitrogens is 2. The van der Waals surface area contributed by atoms with Gasteiger partial charge in [0.1, 0.15) is 5.82 Å². The molecule has 0 aliphatic carbocycles.